The van der Waals surface area contributed by atoms with Crippen LogP contribution in [0.4, 0.5) is 0 Å². The summed E-state index contributed by atoms with van der Waals surface area (Å²) in [5, 5.41) is 0. The van der Waals surface area contributed by atoms with Crippen LogP contribution in [0.2, 0.25) is 0 Å². The average molecular weight is 219 g/mol. The zero-order valence-corrected chi connectivity index (χ0v) is 10.3. The molecule has 2 heteroatoms. The van der Waals surface area contributed by atoms with Crippen LogP contribution in [0.3, 0.4) is 0 Å². The zero-order valence-electron chi connectivity index (χ0n) is 10.3. The van der Waals surface area contributed by atoms with Gasteiger partial charge >= 0.3 is 0 Å². The van der Waals surface area contributed by atoms with E-state index in [1.165, 1.54) is 37.9 Å². The SMILES string of the molecule is COc1ccc(CC2CCCN(C)C2)cc1. The molecule has 0 aliphatic carbocycles. The molecule has 0 spiro atoms. The molecule has 1 atom stereocenters. The van der Waals surface area contributed by atoms with E-state index in [4.69, 9.17) is 4.74 Å². The van der Waals surface area contributed by atoms with E-state index >= 15 is 0 Å². The standard InChI is InChI=1S/C14H21NO/c1-15-9-3-4-13(11-15)10-12-5-7-14(16-2)8-6-12/h5-8,13H,3-4,9-11H2,1-2H3. The summed E-state index contributed by atoms with van der Waals surface area (Å²) in [7, 11) is 3.94. The van der Waals surface area contributed by atoms with Crippen molar-refractivity contribution in [2.24, 2.45) is 5.92 Å². The molecule has 16 heavy (non-hydrogen) atoms. The summed E-state index contributed by atoms with van der Waals surface area (Å²) in [6, 6.07) is 8.49. The van der Waals surface area contributed by atoms with Gasteiger partial charge in [-0.2, -0.15) is 0 Å². The Hall–Kier alpha value is -1.02. The number of hydrogen-bond acceptors (Lipinski definition) is 2. The highest BCUT2D eigenvalue weighted by molar-refractivity contribution is 5.27. The molecular weight excluding hydrogens is 198 g/mol. The van der Waals surface area contributed by atoms with Gasteiger partial charge in [0, 0.05) is 6.54 Å². The van der Waals surface area contributed by atoms with Gasteiger partial charge in [0.05, 0.1) is 7.11 Å². The molecule has 0 bridgehead atoms. The molecule has 1 fully saturated rings. The molecule has 0 amide bonds. The van der Waals surface area contributed by atoms with Crippen LogP contribution >= 0.6 is 0 Å². The monoisotopic (exact) mass is 219 g/mol. The molecule has 1 unspecified atom stereocenters. The molecular formula is C14H21NO. The van der Waals surface area contributed by atoms with E-state index in [9.17, 15) is 0 Å². The van der Waals surface area contributed by atoms with E-state index in [0.717, 1.165) is 11.7 Å². The van der Waals surface area contributed by atoms with Crippen LogP contribution in [0.15, 0.2) is 24.3 Å². The molecule has 1 aliphatic heterocycles. The Morgan fingerprint density at radius 2 is 2.06 bits per heavy atom. The zero-order chi connectivity index (χ0) is 11.4. The lowest BCUT2D eigenvalue weighted by Gasteiger charge is -2.29. The first-order valence-corrected chi connectivity index (χ1v) is 6.09. The van der Waals surface area contributed by atoms with Crippen molar-refractivity contribution in [3.05, 3.63) is 29.8 Å². The number of piperidine rings is 1. The average Bonchev–Trinajstić information content (AvgIpc) is 2.30. The van der Waals surface area contributed by atoms with Gasteiger partial charge in [0.15, 0.2) is 0 Å². The maximum atomic E-state index is 5.17. The minimum Gasteiger partial charge on any atom is -0.497 e. The van der Waals surface area contributed by atoms with Crippen LogP contribution in [0.1, 0.15) is 18.4 Å². The second-order valence-electron chi connectivity index (χ2n) is 4.82. The van der Waals surface area contributed by atoms with Crippen LogP contribution in [0.25, 0.3) is 0 Å². The van der Waals surface area contributed by atoms with E-state index < -0.39 is 0 Å². The Morgan fingerprint density at radius 3 is 2.69 bits per heavy atom. The Bertz CT molecular complexity index is 320. The lowest BCUT2D eigenvalue weighted by atomic mass is 9.91. The minimum atomic E-state index is 0.826. The Kier molecular flexibility index (Phi) is 3.83. The Balaban J connectivity index is 1.92. The highest BCUT2D eigenvalue weighted by Crippen LogP contribution is 2.21. The predicted molar refractivity (Wildman–Crippen MR) is 66.9 cm³/mol. The first-order chi connectivity index (χ1) is 7.78. The lowest BCUT2D eigenvalue weighted by Crippen LogP contribution is -2.32. The van der Waals surface area contributed by atoms with Crippen molar-refractivity contribution in [3.63, 3.8) is 0 Å². The van der Waals surface area contributed by atoms with Crippen molar-refractivity contribution in [1.82, 2.24) is 4.90 Å². The topological polar surface area (TPSA) is 12.5 Å². The first kappa shape index (κ1) is 11.5. The number of nitrogens with zero attached hydrogens (tertiary/aromatic N) is 1. The predicted octanol–water partition coefficient (Wildman–Crippen LogP) is 2.58. The number of hydrogen-bond donors (Lipinski definition) is 0. The largest absolute Gasteiger partial charge is 0.497 e. The number of rotatable bonds is 3. The smallest absolute Gasteiger partial charge is 0.118 e. The molecule has 1 heterocycles. The van der Waals surface area contributed by atoms with Gasteiger partial charge in [-0.15, -0.1) is 0 Å². The molecule has 0 N–H and O–H groups in total. The first-order valence-electron chi connectivity index (χ1n) is 6.09. The fourth-order valence-electron chi connectivity index (χ4n) is 2.53. The van der Waals surface area contributed by atoms with Gasteiger partial charge < -0.3 is 9.64 Å². The molecule has 0 radical (unpaired) electrons. The fraction of sp³-hybridized carbons (Fsp3) is 0.571. The van der Waals surface area contributed by atoms with Crippen molar-refractivity contribution < 1.29 is 4.74 Å². The molecule has 0 aromatic heterocycles. The summed E-state index contributed by atoms with van der Waals surface area (Å²) in [5.74, 6) is 1.77. The quantitative estimate of drug-likeness (QED) is 0.774. The normalized spacial score (nSPS) is 22.0. The number of ether oxygens (including phenoxy) is 1. The highest BCUT2D eigenvalue weighted by Gasteiger charge is 2.17. The third-order valence-electron chi connectivity index (χ3n) is 3.41. The van der Waals surface area contributed by atoms with Crippen LogP contribution in [-0.4, -0.2) is 32.1 Å². The maximum Gasteiger partial charge on any atom is 0.118 e. The van der Waals surface area contributed by atoms with Crippen LogP contribution in [-0.2, 0) is 6.42 Å². The molecule has 2 nitrogen and oxygen atoms in total. The van der Waals surface area contributed by atoms with Crippen LogP contribution in [0.5, 0.6) is 5.75 Å². The number of likely N-dealkylation sites (tertiary alicyclic amines) is 1. The summed E-state index contributed by atoms with van der Waals surface area (Å²) in [5.41, 5.74) is 1.43. The minimum absolute atomic E-state index is 0.826. The highest BCUT2D eigenvalue weighted by atomic mass is 16.5. The van der Waals surface area contributed by atoms with E-state index in [1.54, 1.807) is 7.11 Å². The van der Waals surface area contributed by atoms with Gasteiger partial charge in [0.1, 0.15) is 5.75 Å². The molecule has 1 aromatic rings. The van der Waals surface area contributed by atoms with Crippen LogP contribution < -0.4 is 4.74 Å². The third-order valence-corrected chi connectivity index (χ3v) is 3.41. The summed E-state index contributed by atoms with van der Waals surface area (Å²) in [6.45, 7) is 2.51. The van der Waals surface area contributed by atoms with Gasteiger partial charge in [0.2, 0.25) is 0 Å². The summed E-state index contributed by atoms with van der Waals surface area (Å²) in [6.07, 6.45) is 3.92. The van der Waals surface area contributed by atoms with E-state index in [2.05, 4.69) is 36.2 Å². The molecule has 88 valence electrons. The van der Waals surface area contributed by atoms with Crippen molar-refractivity contribution in [2.75, 3.05) is 27.2 Å². The van der Waals surface area contributed by atoms with Crippen molar-refractivity contribution >= 4 is 0 Å². The molecule has 1 aromatic carbocycles. The Labute approximate surface area is 98.2 Å². The maximum absolute atomic E-state index is 5.17. The van der Waals surface area contributed by atoms with E-state index in [0.29, 0.717) is 0 Å². The van der Waals surface area contributed by atoms with Gasteiger partial charge in [-0.25, -0.2) is 0 Å². The third kappa shape index (κ3) is 2.99. The van der Waals surface area contributed by atoms with Crippen LogP contribution in [0, 0.1) is 5.92 Å². The number of methoxy groups -OCH3 is 1. The number of benzene rings is 1. The second kappa shape index (κ2) is 5.35. The lowest BCUT2D eigenvalue weighted by molar-refractivity contribution is 0.209. The van der Waals surface area contributed by atoms with Gasteiger partial charge in [-0.3, -0.25) is 0 Å². The molecule has 1 saturated heterocycles. The van der Waals surface area contributed by atoms with E-state index in [-0.39, 0.29) is 0 Å². The second-order valence-corrected chi connectivity index (χ2v) is 4.82. The summed E-state index contributed by atoms with van der Waals surface area (Å²) in [4.78, 5) is 2.44. The summed E-state index contributed by atoms with van der Waals surface area (Å²) >= 11 is 0. The van der Waals surface area contributed by atoms with Crippen molar-refractivity contribution in [1.29, 1.82) is 0 Å². The van der Waals surface area contributed by atoms with Crippen molar-refractivity contribution in [2.45, 2.75) is 19.3 Å². The van der Waals surface area contributed by atoms with Gasteiger partial charge in [-0.1, -0.05) is 12.1 Å². The molecule has 0 saturated carbocycles. The summed E-state index contributed by atoms with van der Waals surface area (Å²) < 4.78 is 5.17. The molecule has 2 rings (SSSR count). The van der Waals surface area contributed by atoms with E-state index in [1.807, 2.05) is 0 Å². The molecule has 1 aliphatic rings. The van der Waals surface area contributed by atoms with Gasteiger partial charge in [0.25, 0.3) is 0 Å². The fourth-order valence-corrected chi connectivity index (χ4v) is 2.53. The Morgan fingerprint density at radius 1 is 1.31 bits per heavy atom. The van der Waals surface area contributed by atoms with Gasteiger partial charge in [-0.05, 0) is 56.5 Å². The van der Waals surface area contributed by atoms with Crippen molar-refractivity contribution in [3.8, 4) is 5.75 Å².